The van der Waals surface area contributed by atoms with Crippen molar-refractivity contribution in [2.75, 3.05) is 13.1 Å². The van der Waals surface area contributed by atoms with E-state index in [9.17, 15) is 12.8 Å². The average Bonchev–Trinajstić information content (AvgIpc) is 2.58. The third-order valence-electron chi connectivity index (χ3n) is 3.88. The first kappa shape index (κ1) is 16.8. The molecule has 8 heteroatoms. The predicted molar refractivity (Wildman–Crippen MR) is 86.3 cm³/mol. The van der Waals surface area contributed by atoms with Crippen LogP contribution in [0.3, 0.4) is 0 Å². The lowest BCUT2D eigenvalue weighted by atomic mass is 10.1. The van der Waals surface area contributed by atoms with E-state index in [1.54, 1.807) is 12.4 Å². The van der Waals surface area contributed by atoms with Crippen LogP contribution in [0, 0.1) is 5.82 Å². The van der Waals surface area contributed by atoms with Gasteiger partial charge < -0.3 is 4.74 Å². The molecule has 1 fully saturated rings. The summed E-state index contributed by atoms with van der Waals surface area (Å²) in [6.07, 6.45) is 5.78. The molecule has 1 aliphatic rings. The van der Waals surface area contributed by atoms with Crippen LogP contribution in [-0.4, -0.2) is 41.9 Å². The summed E-state index contributed by atoms with van der Waals surface area (Å²) in [6, 6.07) is 5.53. The number of halogens is 1. The molecule has 1 saturated heterocycles. The fourth-order valence-electron chi connectivity index (χ4n) is 2.63. The molecule has 0 N–H and O–H groups in total. The Bertz CT molecular complexity index is 761. The molecule has 24 heavy (non-hydrogen) atoms. The number of ether oxygens (including phenoxy) is 1. The van der Waals surface area contributed by atoms with E-state index in [1.807, 2.05) is 0 Å². The van der Waals surface area contributed by atoms with Crippen LogP contribution in [-0.2, 0) is 15.8 Å². The Labute approximate surface area is 140 Å². The SMILES string of the molecule is O=S(=O)(Cc1ccc(F)cc1)N1CCC(Oc2cnccn2)CC1. The van der Waals surface area contributed by atoms with Gasteiger partial charge >= 0.3 is 0 Å². The summed E-state index contributed by atoms with van der Waals surface area (Å²) in [5.74, 6) is -0.0496. The molecule has 2 heterocycles. The van der Waals surface area contributed by atoms with Crippen LogP contribution >= 0.6 is 0 Å². The van der Waals surface area contributed by atoms with Crippen molar-refractivity contribution < 1.29 is 17.5 Å². The minimum Gasteiger partial charge on any atom is -0.473 e. The number of piperidine rings is 1. The van der Waals surface area contributed by atoms with E-state index >= 15 is 0 Å². The Hall–Kier alpha value is -2.06. The molecular weight excluding hydrogens is 333 g/mol. The standard InChI is InChI=1S/C16H18FN3O3S/c17-14-3-1-13(2-4-14)12-24(21,22)20-9-5-15(6-10-20)23-16-11-18-7-8-19-16/h1-4,7-8,11,15H,5-6,9-10,12H2. The molecule has 0 radical (unpaired) electrons. The molecule has 3 rings (SSSR count). The van der Waals surface area contributed by atoms with Crippen molar-refractivity contribution in [3.05, 3.63) is 54.2 Å². The van der Waals surface area contributed by atoms with E-state index in [-0.39, 0.29) is 17.7 Å². The van der Waals surface area contributed by atoms with Crippen LogP contribution in [0.25, 0.3) is 0 Å². The number of sulfonamides is 1. The summed E-state index contributed by atoms with van der Waals surface area (Å²) in [4.78, 5) is 7.99. The maximum atomic E-state index is 12.9. The number of hydrogen-bond donors (Lipinski definition) is 0. The second kappa shape index (κ2) is 7.23. The fraction of sp³-hybridized carbons (Fsp3) is 0.375. The van der Waals surface area contributed by atoms with Crippen LogP contribution in [0.4, 0.5) is 4.39 Å². The van der Waals surface area contributed by atoms with Crippen molar-refractivity contribution >= 4 is 10.0 Å². The average molecular weight is 351 g/mol. The molecule has 0 amide bonds. The van der Waals surface area contributed by atoms with Gasteiger partial charge in [0, 0.05) is 25.5 Å². The second-order valence-corrected chi connectivity index (χ2v) is 7.61. The van der Waals surface area contributed by atoms with Gasteiger partial charge in [-0.25, -0.2) is 22.1 Å². The van der Waals surface area contributed by atoms with Gasteiger partial charge in [-0.3, -0.25) is 4.98 Å². The molecule has 0 saturated carbocycles. The summed E-state index contributed by atoms with van der Waals surface area (Å²) in [5, 5.41) is 0. The van der Waals surface area contributed by atoms with Crippen LogP contribution in [0.15, 0.2) is 42.9 Å². The van der Waals surface area contributed by atoms with E-state index in [0.29, 0.717) is 37.4 Å². The maximum absolute atomic E-state index is 12.9. The topological polar surface area (TPSA) is 72.4 Å². The molecule has 0 aliphatic carbocycles. The Morgan fingerprint density at radius 1 is 1.17 bits per heavy atom. The molecular formula is C16H18FN3O3S. The molecule has 2 aromatic rings. The first-order chi connectivity index (χ1) is 11.5. The number of aromatic nitrogens is 2. The highest BCUT2D eigenvalue weighted by molar-refractivity contribution is 7.88. The molecule has 1 aromatic carbocycles. The van der Waals surface area contributed by atoms with Crippen molar-refractivity contribution in [1.29, 1.82) is 0 Å². The van der Waals surface area contributed by atoms with Crippen LogP contribution in [0.2, 0.25) is 0 Å². The number of rotatable bonds is 5. The van der Waals surface area contributed by atoms with E-state index in [1.165, 1.54) is 34.8 Å². The monoisotopic (exact) mass is 351 g/mol. The normalized spacial score (nSPS) is 16.9. The molecule has 1 aromatic heterocycles. The first-order valence-corrected chi connectivity index (χ1v) is 9.29. The van der Waals surface area contributed by atoms with Gasteiger partial charge in [-0.15, -0.1) is 0 Å². The summed E-state index contributed by atoms with van der Waals surface area (Å²) in [7, 11) is -3.42. The zero-order valence-corrected chi connectivity index (χ0v) is 13.8. The van der Waals surface area contributed by atoms with Crippen LogP contribution < -0.4 is 4.74 Å². The zero-order chi connectivity index (χ0) is 17.0. The third kappa shape index (κ3) is 4.27. The minimum atomic E-state index is -3.42. The van der Waals surface area contributed by atoms with Crippen molar-refractivity contribution in [1.82, 2.24) is 14.3 Å². The molecule has 6 nitrogen and oxygen atoms in total. The molecule has 0 atom stereocenters. The van der Waals surface area contributed by atoms with Crippen molar-refractivity contribution in [2.24, 2.45) is 0 Å². The minimum absolute atomic E-state index is 0.0704. The Morgan fingerprint density at radius 2 is 1.88 bits per heavy atom. The molecule has 0 spiro atoms. The largest absolute Gasteiger partial charge is 0.473 e. The van der Waals surface area contributed by atoms with Crippen LogP contribution in [0.1, 0.15) is 18.4 Å². The van der Waals surface area contributed by atoms with E-state index in [4.69, 9.17) is 4.74 Å². The van der Waals surface area contributed by atoms with Gasteiger partial charge in [0.1, 0.15) is 11.9 Å². The van der Waals surface area contributed by atoms with Crippen molar-refractivity contribution in [3.8, 4) is 5.88 Å². The van der Waals surface area contributed by atoms with Gasteiger partial charge in [-0.05, 0) is 30.5 Å². The third-order valence-corrected chi connectivity index (χ3v) is 5.73. The van der Waals surface area contributed by atoms with E-state index in [2.05, 4.69) is 9.97 Å². The van der Waals surface area contributed by atoms with Gasteiger partial charge in [0.25, 0.3) is 0 Å². The smallest absolute Gasteiger partial charge is 0.232 e. The molecule has 1 aliphatic heterocycles. The summed E-state index contributed by atoms with van der Waals surface area (Å²) in [6.45, 7) is 0.795. The fourth-order valence-corrected chi connectivity index (χ4v) is 4.19. The number of nitrogens with zero attached hydrogens (tertiary/aromatic N) is 3. The lowest BCUT2D eigenvalue weighted by molar-refractivity contribution is 0.129. The van der Waals surface area contributed by atoms with Gasteiger partial charge in [-0.1, -0.05) is 12.1 Å². The Balaban J connectivity index is 1.56. The van der Waals surface area contributed by atoms with Gasteiger partial charge in [-0.2, -0.15) is 0 Å². The van der Waals surface area contributed by atoms with E-state index < -0.39 is 10.0 Å². The van der Waals surface area contributed by atoms with Gasteiger partial charge in [0.15, 0.2) is 0 Å². The van der Waals surface area contributed by atoms with Gasteiger partial charge in [0.2, 0.25) is 15.9 Å². The highest BCUT2D eigenvalue weighted by Gasteiger charge is 2.29. The predicted octanol–water partition coefficient (Wildman–Crippen LogP) is 1.99. The number of hydrogen-bond acceptors (Lipinski definition) is 5. The van der Waals surface area contributed by atoms with Crippen molar-refractivity contribution in [3.63, 3.8) is 0 Å². The first-order valence-electron chi connectivity index (χ1n) is 7.68. The summed E-state index contributed by atoms with van der Waals surface area (Å²) in [5.41, 5.74) is 0.578. The highest BCUT2D eigenvalue weighted by atomic mass is 32.2. The second-order valence-electron chi connectivity index (χ2n) is 5.64. The number of benzene rings is 1. The van der Waals surface area contributed by atoms with Crippen molar-refractivity contribution in [2.45, 2.75) is 24.7 Å². The molecule has 0 unspecified atom stereocenters. The maximum Gasteiger partial charge on any atom is 0.232 e. The highest BCUT2D eigenvalue weighted by Crippen LogP contribution is 2.20. The Kier molecular flexibility index (Phi) is 5.06. The lowest BCUT2D eigenvalue weighted by Crippen LogP contribution is -2.42. The molecule has 128 valence electrons. The Morgan fingerprint density at radius 3 is 2.50 bits per heavy atom. The summed E-state index contributed by atoms with van der Waals surface area (Å²) < 4.78 is 45.0. The quantitative estimate of drug-likeness (QED) is 0.824. The molecule has 0 bridgehead atoms. The lowest BCUT2D eigenvalue weighted by Gasteiger charge is -2.31. The van der Waals surface area contributed by atoms with Crippen LogP contribution in [0.5, 0.6) is 5.88 Å². The van der Waals surface area contributed by atoms with E-state index in [0.717, 1.165) is 0 Å². The zero-order valence-electron chi connectivity index (χ0n) is 13.0. The summed E-state index contributed by atoms with van der Waals surface area (Å²) >= 11 is 0. The van der Waals surface area contributed by atoms with Gasteiger partial charge in [0.05, 0.1) is 11.9 Å².